The van der Waals surface area contributed by atoms with Gasteiger partial charge in [0.2, 0.25) is 5.91 Å². The molecule has 1 aliphatic rings. The third-order valence-corrected chi connectivity index (χ3v) is 4.93. The third-order valence-electron chi connectivity index (χ3n) is 4.93. The molecule has 2 N–H and O–H groups in total. The van der Waals surface area contributed by atoms with E-state index in [1.165, 1.54) is 11.1 Å². The van der Waals surface area contributed by atoms with E-state index in [2.05, 4.69) is 17.4 Å². The Bertz CT molecular complexity index is 785. The molecule has 0 saturated carbocycles. The highest BCUT2D eigenvalue weighted by molar-refractivity contribution is 5.85. The van der Waals surface area contributed by atoms with Gasteiger partial charge in [-0.05, 0) is 54.0 Å². The second-order valence-corrected chi connectivity index (χ2v) is 6.60. The van der Waals surface area contributed by atoms with Gasteiger partial charge in [0.05, 0.1) is 7.11 Å². The normalized spacial score (nSPS) is 17.0. The lowest BCUT2D eigenvalue weighted by Gasteiger charge is -2.25. The smallest absolute Gasteiger partial charge is 0.330 e. The zero-order valence-corrected chi connectivity index (χ0v) is 14.8. The highest BCUT2D eigenvalue weighted by Crippen LogP contribution is 2.34. The van der Waals surface area contributed by atoms with Crippen LogP contribution in [0.15, 0.2) is 48.5 Å². The van der Waals surface area contributed by atoms with Gasteiger partial charge in [-0.3, -0.25) is 4.79 Å². The maximum atomic E-state index is 12.5. The van der Waals surface area contributed by atoms with E-state index in [-0.39, 0.29) is 11.8 Å². The van der Waals surface area contributed by atoms with Crippen LogP contribution in [0.2, 0.25) is 0 Å². The summed E-state index contributed by atoms with van der Waals surface area (Å²) in [4.78, 5) is 24.2. The van der Waals surface area contributed by atoms with Crippen molar-refractivity contribution in [3.63, 3.8) is 0 Å². The lowest BCUT2D eigenvalue weighted by atomic mass is 9.81. The van der Waals surface area contributed by atoms with Crippen LogP contribution in [0.5, 0.6) is 5.75 Å². The number of ether oxygens (including phenoxy) is 1. The molecule has 5 nitrogen and oxygen atoms in total. The lowest BCUT2D eigenvalue weighted by Crippen LogP contribution is -2.34. The highest BCUT2D eigenvalue weighted by Gasteiger charge is 2.26. The maximum absolute atomic E-state index is 12.5. The second-order valence-electron chi connectivity index (χ2n) is 6.60. The minimum atomic E-state index is -1.08. The Balaban J connectivity index is 1.70. The first-order chi connectivity index (χ1) is 12.6. The molecule has 0 aliphatic heterocycles. The van der Waals surface area contributed by atoms with Crippen molar-refractivity contribution in [2.24, 2.45) is 0 Å². The first-order valence-electron chi connectivity index (χ1n) is 8.82. The van der Waals surface area contributed by atoms with Gasteiger partial charge in [-0.15, -0.1) is 0 Å². The van der Waals surface area contributed by atoms with Crippen molar-refractivity contribution in [2.45, 2.75) is 37.6 Å². The van der Waals surface area contributed by atoms with Crippen LogP contribution < -0.4 is 10.1 Å². The fraction of sp³-hybridized carbons (Fsp3) is 0.333. The summed E-state index contributed by atoms with van der Waals surface area (Å²) in [5.74, 6) is -0.532. The number of benzene rings is 2. The molecule has 0 aromatic heterocycles. The molecule has 1 aliphatic carbocycles. The van der Waals surface area contributed by atoms with Crippen LogP contribution in [0.1, 0.15) is 47.9 Å². The van der Waals surface area contributed by atoms with Crippen LogP contribution in [-0.4, -0.2) is 24.1 Å². The number of amides is 1. The quantitative estimate of drug-likeness (QED) is 0.834. The van der Waals surface area contributed by atoms with Gasteiger partial charge in [0.1, 0.15) is 5.75 Å². The van der Waals surface area contributed by atoms with Crippen molar-refractivity contribution >= 4 is 11.9 Å². The summed E-state index contributed by atoms with van der Waals surface area (Å²) in [6, 6.07) is 13.8. The van der Waals surface area contributed by atoms with Gasteiger partial charge < -0.3 is 15.2 Å². The number of carboxylic acids is 1. The van der Waals surface area contributed by atoms with Gasteiger partial charge in [0, 0.05) is 6.42 Å². The minimum absolute atomic E-state index is 0.144. The zero-order valence-electron chi connectivity index (χ0n) is 14.8. The lowest BCUT2D eigenvalue weighted by molar-refractivity contribution is -0.142. The molecule has 2 aromatic rings. The van der Waals surface area contributed by atoms with E-state index >= 15 is 0 Å². The summed E-state index contributed by atoms with van der Waals surface area (Å²) in [5, 5.41) is 12.2. The fourth-order valence-corrected chi connectivity index (χ4v) is 3.59. The summed E-state index contributed by atoms with van der Waals surface area (Å²) in [5.41, 5.74) is 3.03. The molecule has 0 radical (unpaired) electrons. The first kappa shape index (κ1) is 18.0. The number of carboxylic acid groups (broad SMARTS) is 1. The molecule has 0 bridgehead atoms. The van der Waals surface area contributed by atoms with Crippen molar-refractivity contribution in [3.05, 3.63) is 65.2 Å². The van der Waals surface area contributed by atoms with Crippen LogP contribution in [0.25, 0.3) is 0 Å². The molecule has 2 aromatic carbocycles. The summed E-state index contributed by atoms with van der Waals surface area (Å²) in [6.07, 6.45) is 3.34. The summed E-state index contributed by atoms with van der Waals surface area (Å²) >= 11 is 0. The van der Waals surface area contributed by atoms with Crippen LogP contribution in [0.3, 0.4) is 0 Å². The van der Waals surface area contributed by atoms with Crippen molar-refractivity contribution < 1.29 is 19.4 Å². The maximum Gasteiger partial charge on any atom is 0.330 e. The molecule has 1 amide bonds. The molecule has 0 saturated heterocycles. The largest absolute Gasteiger partial charge is 0.497 e. The standard InChI is InChI=1S/C21H23NO4/c1-26-17-11-9-15(10-12-17)20(21(24)25)22-19(23)13-16-7-4-6-14-5-2-3-8-18(14)16/h2-3,5,8-12,16,20H,4,6-7,13H2,1H3,(H,22,23)(H,24,25). The van der Waals surface area contributed by atoms with Crippen molar-refractivity contribution in [2.75, 3.05) is 7.11 Å². The molecular weight excluding hydrogens is 330 g/mol. The van der Waals surface area contributed by atoms with E-state index in [4.69, 9.17) is 4.74 Å². The number of aryl methyl sites for hydroxylation is 1. The van der Waals surface area contributed by atoms with Crippen LogP contribution in [0, 0.1) is 0 Å². The van der Waals surface area contributed by atoms with E-state index in [9.17, 15) is 14.7 Å². The Labute approximate surface area is 153 Å². The van der Waals surface area contributed by atoms with Crippen molar-refractivity contribution in [3.8, 4) is 5.75 Å². The molecular formula is C21H23NO4. The molecule has 0 spiro atoms. The van der Waals surface area contributed by atoms with Gasteiger partial charge >= 0.3 is 5.97 Å². The van der Waals surface area contributed by atoms with E-state index in [0.717, 1.165) is 19.3 Å². The number of carbonyl (C=O) groups excluding carboxylic acids is 1. The minimum Gasteiger partial charge on any atom is -0.497 e. The molecule has 136 valence electrons. The summed E-state index contributed by atoms with van der Waals surface area (Å²) in [6.45, 7) is 0. The molecule has 2 unspecified atom stereocenters. The monoisotopic (exact) mass is 353 g/mol. The predicted octanol–water partition coefficient (Wildman–Crippen LogP) is 3.45. The highest BCUT2D eigenvalue weighted by atomic mass is 16.5. The predicted molar refractivity (Wildman–Crippen MR) is 98.3 cm³/mol. The Hall–Kier alpha value is -2.82. The number of rotatable bonds is 6. The molecule has 26 heavy (non-hydrogen) atoms. The van der Waals surface area contributed by atoms with Crippen LogP contribution in [-0.2, 0) is 16.0 Å². The molecule has 5 heteroatoms. The Kier molecular flexibility index (Phi) is 5.56. The van der Waals surface area contributed by atoms with Gasteiger partial charge in [0.15, 0.2) is 6.04 Å². The molecule has 0 heterocycles. The Morgan fingerprint density at radius 3 is 2.62 bits per heavy atom. The molecule has 2 atom stereocenters. The van der Waals surface area contributed by atoms with E-state index in [1.807, 2.05) is 12.1 Å². The third kappa shape index (κ3) is 4.04. The van der Waals surface area contributed by atoms with Crippen molar-refractivity contribution in [1.29, 1.82) is 0 Å². The van der Waals surface area contributed by atoms with Crippen LogP contribution in [0.4, 0.5) is 0 Å². The fourth-order valence-electron chi connectivity index (χ4n) is 3.59. The number of carbonyl (C=O) groups is 2. The van der Waals surface area contributed by atoms with Gasteiger partial charge in [-0.1, -0.05) is 36.4 Å². The average molecular weight is 353 g/mol. The Morgan fingerprint density at radius 2 is 1.92 bits per heavy atom. The number of aliphatic carboxylic acids is 1. The van der Waals surface area contributed by atoms with Crippen molar-refractivity contribution in [1.82, 2.24) is 5.32 Å². The van der Waals surface area contributed by atoms with Gasteiger partial charge in [-0.2, -0.15) is 0 Å². The van der Waals surface area contributed by atoms with E-state index < -0.39 is 12.0 Å². The number of nitrogens with one attached hydrogen (secondary N) is 1. The second kappa shape index (κ2) is 8.04. The SMILES string of the molecule is COc1ccc(C(NC(=O)CC2CCCc3ccccc32)C(=O)O)cc1. The summed E-state index contributed by atoms with van der Waals surface area (Å²) in [7, 11) is 1.55. The number of hydrogen-bond acceptors (Lipinski definition) is 3. The zero-order chi connectivity index (χ0) is 18.5. The van der Waals surface area contributed by atoms with E-state index in [1.54, 1.807) is 31.4 Å². The molecule has 3 rings (SSSR count). The number of hydrogen-bond donors (Lipinski definition) is 2. The summed E-state index contributed by atoms with van der Waals surface area (Å²) < 4.78 is 5.09. The average Bonchev–Trinajstić information content (AvgIpc) is 2.66. The van der Waals surface area contributed by atoms with Gasteiger partial charge in [-0.25, -0.2) is 4.79 Å². The van der Waals surface area contributed by atoms with E-state index in [0.29, 0.717) is 17.7 Å². The number of fused-ring (bicyclic) bond motifs is 1. The topological polar surface area (TPSA) is 75.6 Å². The Morgan fingerprint density at radius 1 is 1.19 bits per heavy atom. The molecule has 0 fully saturated rings. The number of methoxy groups -OCH3 is 1. The van der Waals surface area contributed by atoms with Gasteiger partial charge in [0.25, 0.3) is 0 Å². The van der Waals surface area contributed by atoms with Crippen LogP contribution >= 0.6 is 0 Å². The first-order valence-corrected chi connectivity index (χ1v) is 8.82.